The maximum atomic E-state index is 12.9. The van der Waals surface area contributed by atoms with Gasteiger partial charge in [-0.05, 0) is 36.8 Å². The maximum absolute atomic E-state index is 12.9. The molecule has 0 saturated carbocycles. The Morgan fingerprint density at radius 2 is 1.79 bits per heavy atom. The second-order valence-electron chi connectivity index (χ2n) is 5.37. The molecular weight excluding hydrogens is 408 g/mol. The molecule has 2 aromatic rings. The summed E-state index contributed by atoms with van der Waals surface area (Å²) in [5.41, 5.74) is 1.15. The van der Waals surface area contributed by atoms with Crippen LogP contribution in [0.2, 0.25) is 0 Å². The number of rotatable bonds is 4. The lowest BCUT2D eigenvalue weighted by molar-refractivity contribution is 0.540. The van der Waals surface area contributed by atoms with Crippen LogP contribution in [0, 0.1) is 0 Å². The summed E-state index contributed by atoms with van der Waals surface area (Å²) in [5, 5.41) is 0.694. The average molecular weight is 425 g/mol. The molecule has 1 heterocycles. The third-order valence-corrected chi connectivity index (χ3v) is 7.35. The Morgan fingerprint density at radius 3 is 2.46 bits per heavy atom. The first kappa shape index (κ1) is 17.5. The zero-order valence-electron chi connectivity index (χ0n) is 13.1. The standard InChI is InChI=1S/C17H17BrN2O2S2/c1-13(14-5-3-2-4-6-14)23-17-19-11-12-20(17)24(21,22)16-9-7-15(18)8-10-16/h2-10,13H,11-12H2,1H3/t13-/m0/s1. The van der Waals surface area contributed by atoms with Crippen LogP contribution in [-0.2, 0) is 10.0 Å². The summed E-state index contributed by atoms with van der Waals surface area (Å²) in [6.45, 7) is 2.95. The molecule has 1 aliphatic heterocycles. The average Bonchev–Trinajstić information content (AvgIpc) is 3.05. The Kier molecular flexibility index (Phi) is 5.32. The smallest absolute Gasteiger partial charge is 0.260 e. The van der Waals surface area contributed by atoms with Crippen molar-refractivity contribution in [2.75, 3.05) is 13.1 Å². The molecule has 7 heteroatoms. The van der Waals surface area contributed by atoms with Gasteiger partial charge in [0.15, 0.2) is 5.17 Å². The molecule has 0 spiro atoms. The number of sulfonamides is 1. The van der Waals surface area contributed by atoms with Crippen LogP contribution < -0.4 is 0 Å². The Bertz CT molecular complexity index is 837. The molecule has 1 atom stereocenters. The Labute approximate surface area is 155 Å². The van der Waals surface area contributed by atoms with Crippen molar-refractivity contribution in [2.45, 2.75) is 17.1 Å². The highest BCUT2D eigenvalue weighted by molar-refractivity contribution is 9.10. The Hall–Kier alpha value is -1.31. The van der Waals surface area contributed by atoms with Gasteiger partial charge in [0, 0.05) is 9.72 Å². The van der Waals surface area contributed by atoms with Gasteiger partial charge < -0.3 is 0 Å². The highest BCUT2D eigenvalue weighted by atomic mass is 79.9. The van der Waals surface area contributed by atoms with Gasteiger partial charge in [-0.25, -0.2) is 12.7 Å². The Morgan fingerprint density at radius 1 is 1.12 bits per heavy atom. The van der Waals surface area contributed by atoms with E-state index in [4.69, 9.17) is 0 Å². The highest BCUT2D eigenvalue weighted by Gasteiger charge is 2.32. The van der Waals surface area contributed by atoms with Crippen molar-refractivity contribution in [2.24, 2.45) is 4.99 Å². The summed E-state index contributed by atoms with van der Waals surface area (Å²) >= 11 is 4.81. The van der Waals surface area contributed by atoms with Crippen LogP contribution in [0.5, 0.6) is 0 Å². The molecule has 0 amide bonds. The molecule has 0 N–H and O–H groups in total. The lowest BCUT2D eigenvalue weighted by Gasteiger charge is -2.22. The summed E-state index contributed by atoms with van der Waals surface area (Å²) in [5.74, 6) is 0. The number of aliphatic imine (C=N–C) groups is 1. The number of hydrogen-bond donors (Lipinski definition) is 0. The van der Waals surface area contributed by atoms with E-state index in [1.807, 2.05) is 30.3 Å². The minimum Gasteiger partial charge on any atom is -0.260 e. The van der Waals surface area contributed by atoms with Gasteiger partial charge in [-0.3, -0.25) is 4.99 Å². The van der Waals surface area contributed by atoms with E-state index in [9.17, 15) is 8.42 Å². The molecule has 3 rings (SSSR count). The lowest BCUT2D eigenvalue weighted by atomic mass is 10.2. The summed E-state index contributed by atoms with van der Waals surface area (Å²) in [4.78, 5) is 4.69. The molecular formula is C17H17BrN2O2S2. The third kappa shape index (κ3) is 3.68. The number of nitrogens with zero attached hydrogens (tertiary/aromatic N) is 2. The quantitative estimate of drug-likeness (QED) is 0.734. The van der Waals surface area contributed by atoms with E-state index in [0.717, 1.165) is 10.0 Å². The Balaban J connectivity index is 1.81. The van der Waals surface area contributed by atoms with Crippen molar-refractivity contribution in [1.82, 2.24) is 4.31 Å². The van der Waals surface area contributed by atoms with E-state index < -0.39 is 10.0 Å². The maximum Gasteiger partial charge on any atom is 0.265 e. The minimum absolute atomic E-state index is 0.130. The van der Waals surface area contributed by atoms with E-state index >= 15 is 0 Å². The summed E-state index contributed by atoms with van der Waals surface area (Å²) in [6, 6.07) is 16.7. The van der Waals surface area contributed by atoms with Crippen LogP contribution in [0.25, 0.3) is 0 Å². The van der Waals surface area contributed by atoms with Gasteiger partial charge in [-0.15, -0.1) is 0 Å². The number of amidine groups is 1. The first-order valence-corrected chi connectivity index (χ1v) is 10.6. The first-order chi connectivity index (χ1) is 11.5. The number of thioether (sulfide) groups is 1. The second-order valence-corrected chi connectivity index (χ2v) is 9.45. The molecule has 126 valence electrons. The first-order valence-electron chi connectivity index (χ1n) is 7.53. The molecule has 24 heavy (non-hydrogen) atoms. The lowest BCUT2D eigenvalue weighted by Crippen LogP contribution is -2.33. The van der Waals surface area contributed by atoms with Gasteiger partial charge in [-0.2, -0.15) is 0 Å². The van der Waals surface area contributed by atoms with Crippen LogP contribution >= 0.6 is 27.7 Å². The van der Waals surface area contributed by atoms with E-state index in [0.29, 0.717) is 18.3 Å². The van der Waals surface area contributed by atoms with Gasteiger partial charge >= 0.3 is 0 Å². The predicted molar refractivity (Wildman–Crippen MR) is 103 cm³/mol. The fraction of sp³-hybridized carbons (Fsp3) is 0.235. The fourth-order valence-electron chi connectivity index (χ4n) is 2.41. The van der Waals surface area contributed by atoms with Gasteiger partial charge in [0.25, 0.3) is 10.0 Å². The highest BCUT2D eigenvalue weighted by Crippen LogP contribution is 2.33. The third-order valence-electron chi connectivity index (χ3n) is 3.72. The molecule has 0 unspecified atom stereocenters. The largest absolute Gasteiger partial charge is 0.265 e. The zero-order valence-corrected chi connectivity index (χ0v) is 16.3. The summed E-state index contributed by atoms with van der Waals surface area (Å²) in [7, 11) is -3.57. The monoisotopic (exact) mass is 424 g/mol. The van der Waals surface area contributed by atoms with Crippen LogP contribution in [0.4, 0.5) is 0 Å². The van der Waals surface area contributed by atoms with Crippen LogP contribution in [-0.4, -0.2) is 31.0 Å². The van der Waals surface area contributed by atoms with Crippen molar-refractivity contribution in [3.8, 4) is 0 Å². The topological polar surface area (TPSA) is 49.7 Å². The number of halogens is 1. The van der Waals surface area contributed by atoms with Crippen LogP contribution in [0.1, 0.15) is 17.7 Å². The molecule has 1 aliphatic rings. The fourth-order valence-corrected chi connectivity index (χ4v) is 5.41. The van der Waals surface area contributed by atoms with Crippen molar-refractivity contribution in [3.63, 3.8) is 0 Å². The number of benzene rings is 2. The van der Waals surface area contributed by atoms with Crippen LogP contribution in [0.15, 0.2) is 69.0 Å². The van der Waals surface area contributed by atoms with Gasteiger partial charge in [0.05, 0.1) is 18.0 Å². The SMILES string of the molecule is C[C@H](SC1=NCCN1S(=O)(=O)c1ccc(Br)cc1)c1ccccc1. The molecule has 0 fully saturated rings. The van der Waals surface area contributed by atoms with Crippen molar-refractivity contribution >= 4 is 42.9 Å². The molecule has 0 saturated heterocycles. The van der Waals surface area contributed by atoms with E-state index in [1.165, 1.54) is 16.1 Å². The molecule has 4 nitrogen and oxygen atoms in total. The van der Waals surface area contributed by atoms with Gasteiger partial charge in [0.2, 0.25) is 0 Å². The van der Waals surface area contributed by atoms with Crippen LogP contribution in [0.3, 0.4) is 0 Å². The van der Waals surface area contributed by atoms with Crippen molar-refractivity contribution in [3.05, 3.63) is 64.6 Å². The number of hydrogen-bond acceptors (Lipinski definition) is 4. The normalized spacial score (nSPS) is 16.1. The molecule has 2 aromatic carbocycles. The van der Waals surface area contributed by atoms with Crippen molar-refractivity contribution < 1.29 is 8.42 Å². The van der Waals surface area contributed by atoms with Crippen molar-refractivity contribution in [1.29, 1.82) is 0 Å². The van der Waals surface area contributed by atoms with E-state index in [2.05, 4.69) is 27.8 Å². The minimum atomic E-state index is -3.57. The molecule has 0 bridgehead atoms. The van der Waals surface area contributed by atoms with E-state index in [-0.39, 0.29) is 10.1 Å². The predicted octanol–water partition coefficient (Wildman–Crippen LogP) is 4.30. The van der Waals surface area contributed by atoms with Gasteiger partial charge in [-0.1, -0.05) is 58.0 Å². The summed E-state index contributed by atoms with van der Waals surface area (Å²) in [6.07, 6.45) is 0. The van der Waals surface area contributed by atoms with E-state index in [1.54, 1.807) is 24.3 Å². The molecule has 0 radical (unpaired) electrons. The molecule has 0 aromatic heterocycles. The zero-order chi connectivity index (χ0) is 17.2. The second kappa shape index (κ2) is 7.29. The summed E-state index contributed by atoms with van der Waals surface area (Å²) < 4.78 is 28.0. The molecule has 0 aliphatic carbocycles. The van der Waals surface area contributed by atoms with Gasteiger partial charge in [0.1, 0.15) is 0 Å².